The average molecular weight is 335 g/mol. The van der Waals surface area contributed by atoms with Crippen LogP contribution in [0, 0.1) is 11.7 Å². The number of halogens is 2. The molecule has 2 aromatic carbocycles. The van der Waals surface area contributed by atoms with Crippen molar-refractivity contribution in [3.63, 3.8) is 0 Å². The molecule has 122 valence electrons. The minimum absolute atomic E-state index is 0.276. The van der Waals surface area contributed by atoms with Gasteiger partial charge in [0.25, 0.3) is 0 Å². The van der Waals surface area contributed by atoms with Gasteiger partial charge in [-0.3, -0.25) is 0 Å². The maximum Gasteiger partial charge on any atom is 0.126 e. The predicted molar refractivity (Wildman–Crippen MR) is 92.7 cm³/mol. The molecule has 1 aliphatic heterocycles. The van der Waals surface area contributed by atoms with Gasteiger partial charge >= 0.3 is 0 Å². The first kappa shape index (κ1) is 15.9. The van der Waals surface area contributed by atoms with E-state index in [-0.39, 0.29) is 5.82 Å². The molecular weight excluding hydrogens is 315 g/mol. The van der Waals surface area contributed by atoms with Crippen LogP contribution in [-0.2, 0) is 0 Å². The van der Waals surface area contributed by atoms with E-state index in [1.165, 1.54) is 12.1 Å². The van der Waals surface area contributed by atoms with Crippen LogP contribution in [0.15, 0.2) is 42.5 Å². The SMILES string of the molecule is Nc1ccc(N2CCCC(COc3cccc(F)c3)C2)c(Cl)c1. The Hall–Kier alpha value is -1.94. The van der Waals surface area contributed by atoms with E-state index >= 15 is 0 Å². The van der Waals surface area contributed by atoms with Gasteiger partial charge in [-0.2, -0.15) is 0 Å². The second-order valence-electron chi connectivity index (χ2n) is 5.93. The molecule has 3 nitrogen and oxygen atoms in total. The number of nitrogen functional groups attached to an aromatic ring is 1. The van der Waals surface area contributed by atoms with Gasteiger partial charge in [-0.1, -0.05) is 17.7 Å². The van der Waals surface area contributed by atoms with Crippen LogP contribution in [0.5, 0.6) is 5.75 Å². The Morgan fingerprint density at radius 2 is 2.13 bits per heavy atom. The molecule has 0 saturated carbocycles. The monoisotopic (exact) mass is 334 g/mol. The fourth-order valence-electron chi connectivity index (χ4n) is 2.97. The van der Waals surface area contributed by atoms with Gasteiger partial charge in [-0.25, -0.2) is 4.39 Å². The zero-order valence-corrected chi connectivity index (χ0v) is 13.6. The second kappa shape index (κ2) is 7.09. The summed E-state index contributed by atoms with van der Waals surface area (Å²) >= 11 is 6.31. The van der Waals surface area contributed by atoms with Crippen molar-refractivity contribution in [3.8, 4) is 5.75 Å². The van der Waals surface area contributed by atoms with E-state index < -0.39 is 0 Å². The molecule has 2 aromatic rings. The molecule has 0 amide bonds. The summed E-state index contributed by atoms with van der Waals surface area (Å²) < 4.78 is 18.9. The molecule has 0 spiro atoms. The van der Waals surface area contributed by atoms with E-state index in [0.717, 1.165) is 31.6 Å². The molecule has 0 aromatic heterocycles. The Labute approximate surface area is 140 Å². The zero-order chi connectivity index (χ0) is 16.2. The molecule has 0 bridgehead atoms. The van der Waals surface area contributed by atoms with Gasteiger partial charge in [0.1, 0.15) is 11.6 Å². The smallest absolute Gasteiger partial charge is 0.126 e. The molecule has 1 aliphatic rings. The summed E-state index contributed by atoms with van der Waals surface area (Å²) in [5, 5.41) is 0.677. The van der Waals surface area contributed by atoms with Gasteiger partial charge in [0, 0.05) is 30.8 Å². The van der Waals surface area contributed by atoms with Crippen LogP contribution in [0.1, 0.15) is 12.8 Å². The number of ether oxygens (including phenoxy) is 1. The fraction of sp³-hybridized carbons (Fsp3) is 0.333. The number of rotatable bonds is 4. The van der Waals surface area contributed by atoms with Crippen LogP contribution in [0.25, 0.3) is 0 Å². The maximum absolute atomic E-state index is 13.2. The third-order valence-corrected chi connectivity index (χ3v) is 4.42. The van der Waals surface area contributed by atoms with Gasteiger partial charge in [-0.05, 0) is 43.2 Å². The number of nitrogens with two attached hydrogens (primary N) is 1. The highest BCUT2D eigenvalue weighted by Gasteiger charge is 2.22. The Balaban J connectivity index is 1.62. The molecule has 5 heteroatoms. The van der Waals surface area contributed by atoms with E-state index in [0.29, 0.717) is 29.0 Å². The number of benzene rings is 2. The van der Waals surface area contributed by atoms with E-state index in [9.17, 15) is 4.39 Å². The summed E-state index contributed by atoms with van der Waals surface area (Å²) in [5.41, 5.74) is 7.43. The molecule has 0 aliphatic carbocycles. The summed E-state index contributed by atoms with van der Waals surface area (Å²) in [6.45, 7) is 2.42. The van der Waals surface area contributed by atoms with Crippen LogP contribution < -0.4 is 15.4 Å². The summed E-state index contributed by atoms with van der Waals surface area (Å²) in [7, 11) is 0. The highest BCUT2D eigenvalue weighted by atomic mass is 35.5. The number of nitrogens with zero attached hydrogens (tertiary/aromatic N) is 1. The first-order valence-corrected chi connectivity index (χ1v) is 8.18. The topological polar surface area (TPSA) is 38.5 Å². The van der Waals surface area contributed by atoms with Crippen LogP contribution in [-0.4, -0.2) is 19.7 Å². The van der Waals surface area contributed by atoms with Crippen molar-refractivity contribution in [2.24, 2.45) is 5.92 Å². The Morgan fingerprint density at radius 1 is 1.26 bits per heavy atom. The lowest BCUT2D eigenvalue weighted by Crippen LogP contribution is -2.37. The summed E-state index contributed by atoms with van der Waals surface area (Å²) in [4.78, 5) is 2.27. The molecule has 23 heavy (non-hydrogen) atoms. The summed E-state index contributed by atoms with van der Waals surface area (Å²) in [6, 6.07) is 11.9. The van der Waals surface area contributed by atoms with Gasteiger partial charge in [-0.15, -0.1) is 0 Å². The maximum atomic E-state index is 13.2. The minimum Gasteiger partial charge on any atom is -0.493 e. The van der Waals surface area contributed by atoms with Gasteiger partial charge in [0.2, 0.25) is 0 Å². The third-order valence-electron chi connectivity index (χ3n) is 4.11. The van der Waals surface area contributed by atoms with Crippen molar-refractivity contribution in [2.75, 3.05) is 30.3 Å². The normalized spacial score (nSPS) is 18.0. The Kier molecular flexibility index (Phi) is 4.91. The van der Waals surface area contributed by atoms with Crippen LogP contribution in [0.4, 0.5) is 15.8 Å². The van der Waals surface area contributed by atoms with Crippen LogP contribution in [0.2, 0.25) is 5.02 Å². The van der Waals surface area contributed by atoms with Crippen LogP contribution in [0.3, 0.4) is 0 Å². The lowest BCUT2D eigenvalue weighted by atomic mass is 9.98. The van der Waals surface area contributed by atoms with Crippen molar-refractivity contribution in [2.45, 2.75) is 12.8 Å². The number of hydrogen-bond acceptors (Lipinski definition) is 3. The quantitative estimate of drug-likeness (QED) is 0.844. The van der Waals surface area contributed by atoms with Gasteiger partial charge < -0.3 is 15.4 Å². The number of piperidine rings is 1. The van der Waals surface area contributed by atoms with Gasteiger partial charge in [0.05, 0.1) is 17.3 Å². The van der Waals surface area contributed by atoms with Crippen molar-refractivity contribution in [1.82, 2.24) is 0 Å². The molecule has 2 N–H and O–H groups in total. The number of anilines is 2. The Bertz CT molecular complexity index is 680. The molecule has 3 rings (SSSR count). The highest BCUT2D eigenvalue weighted by molar-refractivity contribution is 6.33. The molecule has 1 saturated heterocycles. The Morgan fingerprint density at radius 3 is 2.91 bits per heavy atom. The van der Waals surface area contributed by atoms with Crippen molar-refractivity contribution in [1.29, 1.82) is 0 Å². The fourth-order valence-corrected chi connectivity index (χ4v) is 3.28. The largest absolute Gasteiger partial charge is 0.493 e. The van der Waals surface area contributed by atoms with Crippen molar-refractivity contribution in [3.05, 3.63) is 53.3 Å². The molecule has 1 atom stereocenters. The lowest BCUT2D eigenvalue weighted by Gasteiger charge is -2.34. The second-order valence-corrected chi connectivity index (χ2v) is 6.34. The molecule has 0 radical (unpaired) electrons. The van der Waals surface area contributed by atoms with Crippen molar-refractivity contribution >= 4 is 23.0 Å². The number of hydrogen-bond donors (Lipinski definition) is 1. The minimum atomic E-state index is -0.276. The highest BCUT2D eigenvalue weighted by Crippen LogP contribution is 2.31. The first-order valence-electron chi connectivity index (χ1n) is 7.80. The predicted octanol–water partition coefficient (Wildman–Crippen LogP) is 4.36. The third kappa shape index (κ3) is 4.08. The van der Waals surface area contributed by atoms with E-state index in [2.05, 4.69) is 4.90 Å². The zero-order valence-electron chi connectivity index (χ0n) is 12.8. The first-order chi connectivity index (χ1) is 11.1. The summed E-state index contributed by atoms with van der Waals surface area (Å²) in [6.07, 6.45) is 2.18. The van der Waals surface area contributed by atoms with E-state index in [1.54, 1.807) is 18.2 Å². The average Bonchev–Trinajstić information content (AvgIpc) is 2.53. The van der Waals surface area contributed by atoms with Gasteiger partial charge in [0.15, 0.2) is 0 Å². The molecule has 1 heterocycles. The molecule has 1 unspecified atom stereocenters. The van der Waals surface area contributed by atoms with Crippen molar-refractivity contribution < 1.29 is 9.13 Å². The standard InChI is InChI=1S/C18H20ClFN2O/c19-17-10-15(21)6-7-18(17)22-8-2-3-13(11-22)12-23-16-5-1-4-14(20)9-16/h1,4-7,9-10,13H,2-3,8,11-12,21H2. The summed E-state index contributed by atoms with van der Waals surface area (Å²) in [5.74, 6) is 0.690. The van der Waals surface area contributed by atoms with E-state index in [4.69, 9.17) is 22.1 Å². The van der Waals surface area contributed by atoms with Crippen LogP contribution >= 0.6 is 11.6 Å². The lowest BCUT2D eigenvalue weighted by molar-refractivity contribution is 0.228. The molecule has 1 fully saturated rings. The molecular formula is C18H20ClFN2O. The van der Waals surface area contributed by atoms with E-state index in [1.807, 2.05) is 12.1 Å².